The van der Waals surface area contributed by atoms with Crippen molar-refractivity contribution < 1.29 is 13.7 Å². The molecule has 0 amide bonds. The quantitative estimate of drug-likeness (QED) is 0.865. The summed E-state index contributed by atoms with van der Waals surface area (Å²) in [5, 5.41) is 0.824. The molecule has 2 rings (SSSR count). The second-order valence-electron chi connectivity index (χ2n) is 4.34. The Balaban J connectivity index is 2.12. The SMILES string of the molecule is CC(C)SOC1=C(N)OC(c2ccc(Cl)cc2)C1=O. The lowest BCUT2D eigenvalue weighted by molar-refractivity contribution is -0.122. The fourth-order valence-electron chi connectivity index (χ4n) is 1.56. The van der Waals surface area contributed by atoms with Crippen molar-refractivity contribution in [2.45, 2.75) is 25.2 Å². The number of halogens is 1. The van der Waals surface area contributed by atoms with Crippen molar-refractivity contribution >= 4 is 29.4 Å². The number of ether oxygens (including phenoxy) is 1. The van der Waals surface area contributed by atoms with Crippen LogP contribution in [0.1, 0.15) is 25.5 Å². The molecule has 1 aliphatic rings. The first-order valence-electron chi connectivity index (χ1n) is 5.78. The Hall–Kier alpha value is -1.33. The largest absolute Gasteiger partial charge is 0.460 e. The third-order valence-corrected chi connectivity index (χ3v) is 3.33. The van der Waals surface area contributed by atoms with E-state index in [1.165, 1.54) is 12.0 Å². The first-order chi connectivity index (χ1) is 8.99. The van der Waals surface area contributed by atoms with Gasteiger partial charge in [-0.15, -0.1) is 0 Å². The smallest absolute Gasteiger partial charge is 0.249 e. The third kappa shape index (κ3) is 3.16. The number of ketones is 1. The van der Waals surface area contributed by atoms with Crippen molar-refractivity contribution in [1.82, 2.24) is 0 Å². The van der Waals surface area contributed by atoms with Crippen LogP contribution in [0.3, 0.4) is 0 Å². The van der Waals surface area contributed by atoms with E-state index in [0.717, 1.165) is 0 Å². The number of carbonyl (C=O) groups is 1. The van der Waals surface area contributed by atoms with Gasteiger partial charge in [-0.05, 0) is 12.1 Å². The molecule has 1 aliphatic heterocycles. The predicted octanol–water partition coefficient (Wildman–Crippen LogP) is 3.18. The van der Waals surface area contributed by atoms with Crippen molar-refractivity contribution in [2.24, 2.45) is 5.73 Å². The number of benzene rings is 1. The molecule has 1 unspecified atom stereocenters. The molecule has 4 nitrogen and oxygen atoms in total. The number of hydrogen-bond acceptors (Lipinski definition) is 5. The van der Waals surface area contributed by atoms with Gasteiger partial charge in [0.2, 0.25) is 17.4 Å². The monoisotopic (exact) mass is 299 g/mol. The van der Waals surface area contributed by atoms with Crippen molar-refractivity contribution in [3.8, 4) is 0 Å². The van der Waals surface area contributed by atoms with Gasteiger partial charge >= 0.3 is 0 Å². The minimum Gasteiger partial charge on any atom is -0.460 e. The summed E-state index contributed by atoms with van der Waals surface area (Å²) in [5.74, 6) is -0.162. The van der Waals surface area contributed by atoms with Crippen molar-refractivity contribution in [3.63, 3.8) is 0 Å². The Morgan fingerprint density at radius 2 is 2.00 bits per heavy atom. The van der Waals surface area contributed by atoms with Crippen molar-refractivity contribution in [1.29, 1.82) is 0 Å². The molecule has 2 N–H and O–H groups in total. The van der Waals surface area contributed by atoms with Crippen LogP contribution in [0.4, 0.5) is 0 Å². The lowest BCUT2D eigenvalue weighted by atomic mass is 10.1. The molecule has 0 saturated heterocycles. The molecule has 0 aromatic heterocycles. The van der Waals surface area contributed by atoms with E-state index >= 15 is 0 Å². The zero-order chi connectivity index (χ0) is 14.0. The Morgan fingerprint density at radius 3 is 2.58 bits per heavy atom. The summed E-state index contributed by atoms with van der Waals surface area (Å²) in [4.78, 5) is 12.2. The van der Waals surface area contributed by atoms with Crippen LogP contribution in [0, 0.1) is 0 Å². The Kier molecular flexibility index (Phi) is 4.27. The van der Waals surface area contributed by atoms with Gasteiger partial charge in [0.25, 0.3) is 0 Å². The van der Waals surface area contributed by atoms with Crippen LogP contribution in [0.25, 0.3) is 0 Å². The van der Waals surface area contributed by atoms with Crippen LogP contribution in [0.15, 0.2) is 35.9 Å². The molecule has 0 radical (unpaired) electrons. The van der Waals surface area contributed by atoms with Crippen LogP contribution in [-0.4, -0.2) is 11.0 Å². The standard InChI is InChI=1S/C13H14ClNO3S/c1-7(2)19-18-12-10(16)11(17-13(12)15)8-3-5-9(14)6-4-8/h3-7,11H,15H2,1-2H3. The normalized spacial score (nSPS) is 18.9. The van der Waals surface area contributed by atoms with Crippen LogP contribution < -0.4 is 5.73 Å². The minimum absolute atomic E-state index is 0.0260. The van der Waals surface area contributed by atoms with Gasteiger partial charge in [-0.2, -0.15) is 0 Å². The predicted molar refractivity (Wildman–Crippen MR) is 75.3 cm³/mol. The van der Waals surface area contributed by atoms with Crippen LogP contribution in [-0.2, 0) is 13.7 Å². The van der Waals surface area contributed by atoms with E-state index in [-0.39, 0.29) is 22.7 Å². The van der Waals surface area contributed by atoms with Gasteiger partial charge < -0.3 is 14.7 Å². The van der Waals surface area contributed by atoms with E-state index in [0.29, 0.717) is 10.6 Å². The summed E-state index contributed by atoms with van der Waals surface area (Å²) in [6.45, 7) is 3.91. The van der Waals surface area contributed by atoms with E-state index in [4.69, 9.17) is 26.3 Å². The molecule has 0 aliphatic carbocycles. The Bertz CT molecular complexity index is 513. The molecule has 102 valence electrons. The average molecular weight is 300 g/mol. The van der Waals surface area contributed by atoms with Gasteiger partial charge in [0.05, 0.1) is 12.0 Å². The maximum atomic E-state index is 12.2. The molecular formula is C13H14ClNO3S. The second kappa shape index (κ2) is 5.75. The highest BCUT2D eigenvalue weighted by Crippen LogP contribution is 2.34. The fraction of sp³-hybridized carbons (Fsp3) is 0.308. The lowest BCUT2D eigenvalue weighted by Crippen LogP contribution is -2.10. The van der Waals surface area contributed by atoms with Crippen LogP contribution in [0.5, 0.6) is 0 Å². The van der Waals surface area contributed by atoms with Crippen LogP contribution >= 0.6 is 23.6 Å². The van der Waals surface area contributed by atoms with Crippen molar-refractivity contribution in [3.05, 3.63) is 46.5 Å². The molecule has 1 aromatic carbocycles. The van der Waals surface area contributed by atoms with Gasteiger partial charge in [-0.1, -0.05) is 37.6 Å². The molecule has 0 bridgehead atoms. The molecule has 0 fully saturated rings. The average Bonchev–Trinajstić information content (AvgIpc) is 2.63. The number of nitrogens with two attached hydrogens (primary N) is 1. The van der Waals surface area contributed by atoms with Gasteiger partial charge in [0.15, 0.2) is 6.10 Å². The van der Waals surface area contributed by atoms with Gasteiger partial charge in [-0.25, -0.2) is 0 Å². The summed E-state index contributed by atoms with van der Waals surface area (Å²) >= 11 is 6.98. The summed E-state index contributed by atoms with van der Waals surface area (Å²) in [5.41, 5.74) is 6.38. The Labute approximate surface area is 121 Å². The summed E-state index contributed by atoms with van der Waals surface area (Å²) in [6.07, 6.45) is -0.750. The molecule has 1 heterocycles. The fourth-order valence-corrected chi connectivity index (χ4v) is 2.14. The van der Waals surface area contributed by atoms with E-state index < -0.39 is 6.10 Å². The highest BCUT2D eigenvalue weighted by molar-refractivity contribution is 7.95. The number of rotatable bonds is 4. The molecule has 1 atom stereocenters. The zero-order valence-corrected chi connectivity index (χ0v) is 12.1. The zero-order valence-electron chi connectivity index (χ0n) is 10.6. The van der Waals surface area contributed by atoms with Gasteiger partial charge in [-0.3, -0.25) is 4.79 Å². The highest BCUT2D eigenvalue weighted by Gasteiger charge is 2.37. The van der Waals surface area contributed by atoms with E-state index in [2.05, 4.69) is 0 Å². The first-order valence-corrected chi connectivity index (χ1v) is 6.96. The number of Topliss-reactive ketones (excluding diaryl/α,β-unsaturated/α-hetero) is 1. The summed E-state index contributed by atoms with van der Waals surface area (Å²) in [6, 6.07) is 6.87. The maximum Gasteiger partial charge on any atom is 0.249 e. The lowest BCUT2D eigenvalue weighted by Gasteiger charge is -2.09. The first kappa shape index (κ1) is 14.1. The Morgan fingerprint density at radius 1 is 1.37 bits per heavy atom. The molecule has 6 heteroatoms. The number of carbonyl (C=O) groups excluding carboxylic acids is 1. The van der Waals surface area contributed by atoms with Crippen LogP contribution in [0.2, 0.25) is 5.02 Å². The summed E-state index contributed by atoms with van der Waals surface area (Å²) in [7, 11) is 0. The third-order valence-electron chi connectivity index (χ3n) is 2.43. The molecule has 0 saturated carbocycles. The summed E-state index contributed by atoms with van der Waals surface area (Å²) < 4.78 is 10.7. The van der Waals surface area contributed by atoms with E-state index in [1.54, 1.807) is 24.3 Å². The molecule has 1 aromatic rings. The molecule has 19 heavy (non-hydrogen) atoms. The van der Waals surface area contributed by atoms with Crippen molar-refractivity contribution in [2.75, 3.05) is 0 Å². The second-order valence-corrected chi connectivity index (χ2v) is 6.07. The van der Waals surface area contributed by atoms with Gasteiger partial charge in [0.1, 0.15) is 0 Å². The minimum atomic E-state index is -0.750. The number of hydrogen-bond donors (Lipinski definition) is 1. The molecule has 0 spiro atoms. The molecular weight excluding hydrogens is 286 g/mol. The maximum absolute atomic E-state index is 12.2. The van der Waals surface area contributed by atoms with Gasteiger partial charge in [0, 0.05) is 15.8 Å². The van der Waals surface area contributed by atoms with E-state index in [9.17, 15) is 4.79 Å². The topological polar surface area (TPSA) is 61.6 Å². The van der Waals surface area contributed by atoms with E-state index in [1.807, 2.05) is 13.8 Å². The highest BCUT2D eigenvalue weighted by atomic mass is 35.5.